The number of hydrogen-bond donors (Lipinski definition) is 2. The summed E-state index contributed by atoms with van der Waals surface area (Å²) < 4.78 is 10.2. The van der Waals surface area contributed by atoms with Crippen LogP contribution in [0.25, 0.3) is 0 Å². The SMILES string of the molecule is COc1cc(OC)nc(NC2CCCCCC2O)n1. The molecule has 2 rings (SSSR count). The molecule has 1 fully saturated rings. The smallest absolute Gasteiger partial charge is 0.229 e. The summed E-state index contributed by atoms with van der Waals surface area (Å²) in [4.78, 5) is 8.45. The minimum absolute atomic E-state index is 0.0145. The quantitative estimate of drug-likeness (QED) is 0.807. The van der Waals surface area contributed by atoms with Crippen LogP contribution in [-0.2, 0) is 0 Å². The second-order valence-corrected chi connectivity index (χ2v) is 4.73. The number of methoxy groups -OCH3 is 2. The first-order valence-electron chi connectivity index (χ1n) is 6.64. The molecule has 1 aliphatic rings. The Balaban J connectivity index is 2.12. The topological polar surface area (TPSA) is 76.5 Å². The number of aliphatic hydroxyl groups is 1. The standard InChI is InChI=1S/C13H21N3O3/c1-18-11-8-12(19-2)16-13(15-11)14-9-6-4-3-5-7-10(9)17/h8-10,17H,3-7H2,1-2H3,(H,14,15,16). The van der Waals surface area contributed by atoms with Crippen LogP contribution in [-0.4, -0.2) is 41.4 Å². The van der Waals surface area contributed by atoms with Crippen LogP contribution >= 0.6 is 0 Å². The van der Waals surface area contributed by atoms with Gasteiger partial charge in [0.25, 0.3) is 0 Å². The van der Waals surface area contributed by atoms with Crippen LogP contribution < -0.4 is 14.8 Å². The summed E-state index contributed by atoms with van der Waals surface area (Å²) in [6, 6.07) is 1.61. The van der Waals surface area contributed by atoms with Gasteiger partial charge in [0.15, 0.2) is 0 Å². The lowest BCUT2D eigenvalue weighted by molar-refractivity contribution is 0.144. The van der Waals surface area contributed by atoms with E-state index in [9.17, 15) is 5.11 Å². The average Bonchev–Trinajstić information content (AvgIpc) is 2.63. The molecule has 1 heterocycles. The molecule has 1 aliphatic carbocycles. The van der Waals surface area contributed by atoms with Gasteiger partial charge in [-0.05, 0) is 12.8 Å². The minimum atomic E-state index is -0.358. The van der Waals surface area contributed by atoms with Gasteiger partial charge in [-0.3, -0.25) is 0 Å². The molecule has 0 aliphatic heterocycles. The molecule has 1 aromatic heterocycles. The number of ether oxygens (including phenoxy) is 2. The van der Waals surface area contributed by atoms with Crippen molar-refractivity contribution in [2.24, 2.45) is 0 Å². The van der Waals surface area contributed by atoms with Gasteiger partial charge in [-0.25, -0.2) is 0 Å². The molecule has 1 saturated carbocycles. The maximum atomic E-state index is 10.1. The molecule has 0 bridgehead atoms. The van der Waals surface area contributed by atoms with Crippen LogP contribution in [0.3, 0.4) is 0 Å². The van der Waals surface area contributed by atoms with Crippen molar-refractivity contribution in [2.45, 2.75) is 44.2 Å². The Labute approximate surface area is 113 Å². The fourth-order valence-electron chi connectivity index (χ4n) is 2.30. The summed E-state index contributed by atoms with van der Waals surface area (Å²) in [7, 11) is 3.10. The lowest BCUT2D eigenvalue weighted by Gasteiger charge is -2.21. The zero-order valence-electron chi connectivity index (χ0n) is 11.4. The summed E-state index contributed by atoms with van der Waals surface area (Å²) in [5.74, 6) is 1.32. The van der Waals surface area contributed by atoms with E-state index >= 15 is 0 Å². The largest absolute Gasteiger partial charge is 0.481 e. The lowest BCUT2D eigenvalue weighted by atomic mass is 10.1. The fraction of sp³-hybridized carbons (Fsp3) is 0.692. The summed E-state index contributed by atoms with van der Waals surface area (Å²) in [6.07, 6.45) is 4.72. The summed E-state index contributed by atoms with van der Waals surface area (Å²) in [5.41, 5.74) is 0. The van der Waals surface area contributed by atoms with Crippen LogP contribution in [0.15, 0.2) is 6.07 Å². The summed E-state index contributed by atoms with van der Waals surface area (Å²) in [5, 5.41) is 13.3. The van der Waals surface area contributed by atoms with E-state index in [1.165, 1.54) is 0 Å². The number of rotatable bonds is 4. The third-order valence-electron chi connectivity index (χ3n) is 3.39. The van der Waals surface area contributed by atoms with E-state index in [1.54, 1.807) is 20.3 Å². The highest BCUT2D eigenvalue weighted by atomic mass is 16.5. The van der Waals surface area contributed by atoms with Crippen LogP contribution in [0.5, 0.6) is 11.8 Å². The Hall–Kier alpha value is -1.56. The van der Waals surface area contributed by atoms with Gasteiger partial charge in [-0.15, -0.1) is 0 Å². The van der Waals surface area contributed by atoms with E-state index in [1.807, 2.05) is 0 Å². The number of anilines is 1. The first-order chi connectivity index (χ1) is 9.22. The molecule has 2 atom stereocenters. The lowest BCUT2D eigenvalue weighted by Crippen LogP contribution is -2.33. The third-order valence-corrected chi connectivity index (χ3v) is 3.39. The number of aromatic nitrogens is 2. The molecule has 2 unspecified atom stereocenters. The van der Waals surface area contributed by atoms with Crippen molar-refractivity contribution in [3.63, 3.8) is 0 Å². The maximum Gasteiger partial charge on any atom is 0.229 e. The van der Waals surface area contributed by atoms with Crippen LogP contribution in [0, 0.1) is 0 Å². The molecule has 6 nitrogen and oxygen atoms in total. The van der Waals surface area contributed by atoms with E-state index in [0.717, 1.165) is 32.1 Å². The Morgan fingerprint density at radius 3 is 2.37 bits per heavy atom. The Morgan fingerprint density at radius 1 is 1.11 bits per heavy atom. The number of hydrogen-bond acceptors (Lipinski definition) is 6. The molecule has 0 aromatic carbocycles. The van der Waals surface area contributed by atoms with E-state index in [0.29, 0.717) is 17.7 Å². The van der Waals surface area contributed by atoms with Gasteiger partial charge in [-0.2, -0.15) is 9.97 Å². The average molecular weight is 267 g/mol. The highest BCUT2D eigenvalue weighted by Gasteiger charge is 2.22. The van der Waals surface area contributed by atoms with E-state index < -0.39 is 0 Å². The Kier molecular flexibility index (Phi) is 4.79. The molecule has 2 N–H and O–H groups in total. The van der Waals surface area contributed by atoms with Crippen molar-refractivity contribution in [3.05, 3.63) is 6.07 Å². The van der Waals surface area contributed by atoms with Crippen molar-refractivity contribution in [3.8, 4) is 11.8 Å². The van der Waals surface area contributed by atoms with Crippen LogP contribution in [0.1, 0.15) is 32.1 Å². The molecule has 0 spiro atoms. The van der Waals surface area contributed by atoms with E-state index in [2.05, 4.69) is 15.3 Å². The third kappa shape index (κ3) is 3.70. The summed E-state index contributed by atoms with van der Waals surface area (Å²) in [6.45, 7) is 0. The van der Waals surface area contributed by atoms with Gasteiger partial charge < -0.3 is 19.9 Å². The van der Waals surface area contributed by atoms with Gasteiger partial charge in [0.2, 0.25) is 17.7 Å². The van der Waals surface area contributed by atoms with Crippen LogP contribution in [0.4, 0.5) is 5.95 Å². The number of nitrogens with zero attached hydrogens (tertiary/aromatic N) is 2. The zero-order valence-corrected chi connectivity index (χ0v) is 11.4. The molecule has 19 heavy (non-hydrogen) atoms. The molecule has 0 radical (unpaired) electrons. The van der Waals surface area contributed by atoms with Crippen molar-refractivity contribution >= 4 is 5.95 Å². The molecule has 0 saturated heterocycles. The first-order valence-corrected chi connectivity index (χ1v) is 6.64. The van der Waals surface area contributed by atoms with Crippen LogP contribution in [0.2, 0.25) is 0 Å². The predicted octanol–water partition coefficient (Wildman–Crippen LogP) is 1.60. The molecule has 106 valence electrons. The van der Waals surface area contributed by atoms with E-state index in [-0.39, 0.29) is 12.1 Å². The zero-order chi connectivity index (χ0) is 13.7. The Bertz CT molecular complexity index is 392. The minimum Gasteiger partial charge on any atom is -0.481 e. The normalized spacial score (nSPS) is 23.5. The molecular weight excluding hydrogens is 246 g/mol. The van der Waals surface area contributed by atoms with Gasteiger partial charge in [0.05, 0.1) is 32.4 Å². The second-order valence-electron chi connectivity index (χ2n) is 4.73. The maximum absolute atomic E-state index is 10.1. The highest BCUT2D eigenvalue weighted by Crippen LogP contribution is 2.23. The molecule has 6 heteroatoms. The van der Waals surface area contributed by atoms with Crippen molar-refractivity contribution in [1.82, 2.24) is 9.97 Å². The fourth-order valence-corrected chi connectivity index (χ4v) is 2.30. The van der Waals surface area contributed by atoms with Gasteiger partial charge in [0.1, 0.15) is 0 Å². The monoisotopic (exact) mass is 267 g/mol. The molecule has 1 aromatic rings. The Morgan fingerprint density at radius 2 is 1.74 bits per heavy atom. The van der Waals surface area contributed by atoms with Gasteiger partial charge in [0, 0.05) is 0 Å². The van der Waals surface area contributed by atoms with E-state index in [4.69, 9.17) is 9.47 Å². The molecule has 0 amide bonds. The van der Waals surface area contributed by atoms with Gasteiger partial charge >= 0.3 is 0 Å². The first kappa shape index (κ1) is 13.9. The van der Waals surface area contributed by atoms with Gasteiger partial charge in [-0.1, -0.05) is 19.3 Å². The van der Waals surface area contributed by atoms with Crippen molar-refractivity contribution in [2.75, 3.05) is 19.5 Å². The predicted molar refractivity (Wildman–Crippen MR) is 71.6 cm³/mol. The second kappa shape index (κ2) is 6.56. The number of nitrogens with one attached hydrogen (secondary N) is 1. The molecular formula is C13H21N3O3. The summed E-state index contributed by atoms with van der Waals surface area (Å²) >= 11 is 0. The van der Waals surface area contributed by atoms with Crippen molar-refractivity contribution in [1.29, 1.82) is 0 Å². The van der Waals surface area contributed by atoms with Crippen molar-refractivity contribution < 1.29 is 14.6 Å². The number of aliphatic hydroxyl groups excluding tert-OH is 1. The highest BCUT2D eigenvalue weighted by molar-refractivity contribution is 5.34.